The fourth-order valence-corrected chi connectivity index (χ4v) is 5.78. The van der Waals surface area contributed by atoms with E-state index in [1.54, 1.807) is 9.42 Å². The van der Waals surface area contributed by atoms with Gasteiger partial charge in [0.15, 0.2) is 5.82 Å². The Labute approximate surface area is 236 Å². The van der Waals surface area contributed by atoms with E-state index in [1.807, 2.05) is 77.5 Å². The summed E-state index contributed by atoms with van der Waals surface area (Å²) in [5.41, 5.74) is 5.59. The molecule has 0 atom stereocenters. The first kappa shape index (κ1) is 24.8. The van der Waals surface area contributed by atoms with Gasteiger partial charge >= 0.3 is 5.69 Å². The van der Waals surface area contributed by atoms with Crippen molar-refractivity contribution in [2.75, 3.05) is 18.4 Å². The number of nitrogens with one attached hydrogen (secondary N) is 2. The van der Waals surface area contributed by atoms with E-state index >= 15 is 0 Å². The second-order valence-corrected chi connectivity index (χ2v) is 10.4. The van der Waals surface area contributed by atoms with E-state index in [0.29, 0.717) is 38.3 Å². The van der Waals surface area contributed by atoms with Gasteiger partial charge in [0.25, 0.3) is 5.91 Å². The molecule has 1 fully saturated rings. The molecule has 4 heterocycles. The Morgan fingerprint density at radius 1 is 0.902 bits per heavy atom. The number of hydrogen-bond acceptors (Lipinski definition) is 5. The Balaban J connectivity index is 1.17. The minimum Gasteiger partial charge on any atom is -0.364 e. The van der Waals surface area contributed by atoms with Crippen LogP contribution >= 0.6 is 0 Å². The molecule has 9 heteroatoms. The van der Waals surface area contributed by atoms with Gasteiger partial charge in [-0.3, -0.25) is 9.36 Å². The molecule has 1 saturated heterocycles. The third kappa shape index (κ3) is 4.65. The highest BCUT2D eigenvalue weighted by molar-refractivity contribution is 5.94. The molecule has 0 bridgehead atoms. The fraction of sp³-hybridized carbons (Fsp3) is 0.188. The van der Waals surface area contributed by atoms with Crippen LogP contribution in [0, 0.1) is 0 Å². The van der Waals surface area contributed by atoms with Gasteiger partial charge in [-0.1, -0.05) is 72.8 Å². The molecule has 0 radical (unpaired) electrons. The van der Waals surface area contributed by atoms with E-state index in [9.17, 15) is 9.59 Å². The number of benzene rings is 3. The predicted octanol–water partition coefficient (Wildman–Crippen LogP) is 5.13. The number of carbonyl (C=O) groups is 1. The molecule has 1 amide bonds. The van der Waals surface area contributed by atoms with Crippen molar-refractivity contribution < 1.29 is 4.79 Å². The highest BCUT2D eigenvalue weighted by atomic mass is 16.2. The van der Waals surface area contributed by atoms with Crippen molar-refractivity contribution in [1.82, 2.24) is 29.0 Å². The summed E-state index contributed by atoms with van der Waals surface area (Å²) in [6, 6.07) is 29.9. The number of likely N-dealkylation sites (tertiary alicyclic amines) is 1. The molecule has 0 spiro atoms. The van der Waals surface area contributed by atoms with Gasteiger partial charge in [-0.05, 0) is 42.2 Å². The Kier molecular flexibility index (Phi) is 6.31. The van der Waals surface area contributed by atoms with Crippen LogP contribution in [-0.2, 0) is 6.54 Å². The van der Waals surface area contributed by atoms with Gasteiger partial charge in [-0.25, -0.2) is 14.3 Å². The van der Waals surface area contributed by atoms with Crippen molar-refractivity contribution >= 4 is 28.3 Å². The molecule has 3 aromatic carbocycles. The lowest BCUT2D eigenvalue weighted by Gasteiger charge is -2.32. The second-order valence-electron chi connectivity index (χ2n) is 10.4. The summed E-state index contributed by atoms with van der Waals surface area (Å²) in [5, 5.41) is 8.11. The van der Waals surface area contributed by atoms with Crippen LogP contribution in [0.3, 0.4) is 0 Å². The van der Waals surface area contributed by atoms with Crippen LogP contribution in [-0.4, -0.2) is 48.0 Å². The molecule has 3 aromatic heterocycles. The number of rotatable bonds is 6. The molecule has 0 saturated carbocycles. The number of aromatic nitrogens is 5. The quantitative estimate of drug-likeness (QED) is 0.303. The molecule has 1 aliphatic heterocycles. The van der Waals surface area contributed by atoms with Crippen molar-refractivity contribution in [1.29, 1.82) is 0 Å². The highest BCUT2D eigenvalue weighted by Crippen LogP contribution is 2.31. The van der Waals surface area contributed by atoms with Crippen LogP contribution < -0.4 is 11.0 Å². The first-order chi connectivity index (χ1) is 20.2. The molecular formula is C32H29N7O2. The number of fused-ring (bicyclic) bond motifs is 2. The summed E-state index contributed by atoms with van der Waals surface area (Å²) < 4.78 is 3.57. The Hall–Kier alpha value is -5.18. The van der Waals surface area contributed by atoms with E-state index in [2.05, 4.69) is 39.7 Å². The lowest BCUT2D eigenvalue weighted by molar-refractivity contribution is 0.0681. The van der Waals surface area contributed by atoms with Crippen LogP contribution in [0.15, 0.2) is 102 Å². The number of anilines is 1. The summed E-state index contributed by atoms with van der Waals surface area (Å²) in [7, 11) is 0. The van der Waals surface area contributed by atoms with Crippen molar-refractivity contribution in [2.45, 2.75) is 25.4 Å². The summed E-state index contributed by atoms with van der Waals surface area (Å²) >= 11 is 0. The van der Waals surface area contributed by atoms with Crippen LogP contribution in [0.25, 0.3) is 27.7 Å². The largest absolute Gasteiger partial charge is 0.364 e. The van der Waals surface area contributed by atoms with E-state index < -0.39 is 0 Å². The maximum atomic E-state index is 13.7. The molecule has 9 nitrogen and oxygen atoms in total. The summed E-state index contributed by atoms with van der Waals surface area (Å²) in [5.74, 6) is 0.539. The Bertz CT molecular complexity index is 1900. The van der Waals surface area contributed by atoms with Gasteiger partial charge in [0, 0.05) is 37.4 Å². The number of carbonyl (C=O) groups excluding carboxylic acids is 1. The average molecular weight is 544 g/mol. The zero-order valence-corrected chi connectivity index (χ0v) is 22.4. The molecule has 1 aliphatic rings. The van der Waals surface area contributed by atoms with Gasteiger partial charge in [0.1, 0.15) is 5.52 Å². The zero-order chi connectivity index (χ0) is 27.8. The van der Waals surface area contributed by atoms with E-state index in [-0.39, 0.29) is 23.5 Å². The standard InChI is InChI=1S/C32H29N7O2/c40-31(37-18-15-24(16-19-37)39-27-14-8-7-13-26(27)34-32(39)41)30-35-29(33-21-22-9-3-1-4-10-22)28-25(17-20-38(28)36-30)23-11-5-2-6-12-23/h1-14,17,20,24H,15-16,18-19,21H2,(H,34,41)(H,33,35,36). The van der Waals surface area contributed by atoms with Crippen LogP contribution in [0.2, 0.25) is 0 Å². The molecule has 0 aliphatic carbocycles. The number of amides is 1. The van der Waals surface area contributed by atoms with Crippen molar-refractivity contribution in [3.63, 3.8) is 0 Å². The smallest absolute Gasteiger partial charge is 0.326 e. The predicted molar refractivity (Wildman–Crippen MR) is 159 cm³/mol. The summed E-state index contributed by atoms with van der Waals surface area (Å²) in [6.07, 6.45) is 3.23. The molecule has 6 aromatic rings. The van der Waals surface area contributed by atoms with E-state index in [0.717, 1.165) is 33.2 Å². The van der Waals surface area contributed by atoms with Crippen LogP contribution in [0.5, 0.6) is 0 Å². The normalized spacial score (nSPS) is 14.1. The topological polar surface area (TPSA) is 100 Å². The first-order valence-corrected chi connectivity index (χ1v) is 13.9. The van der Waals surface area contributed by atoms with Crippen LogP contribution in [0.4, 0.5) is 5.82 Å². The minimum atomic E-state index is -0.214. The third-order valence-corrected chi connectivity index (χ3v) is 7.83. The highest BCUT2D eigenvalue weighted by Gasteiger charge is 2.29. The van der Waals surface area contributed by atoms with Crippen molar-refractivity contribution in [3.05, 3.63) is 119 Å². The Morgan fingerprint density at radius 3 is 2.39 bits per heavy atom. The lowest BCUT2D eigenvalue weighted by atomic mass is 10.0. The molecule has 204 valence electrons. The number of piperidine rings is 1. The molecule has 41 heavy (non-hydrogen) atoms. The molecule has 0 unspecified atom stereocenters. The SMILES string of the molecule is O=C(c1nc(NCc2ccccc2)c2c(-c3ccccc3)ccn2n1)N1CCC(n2c(=O)[nH]c3ccccc32)CC1. The van der Waals surface area contributed by atoms with Gasteiger partial charge in [0.2, 0.25) is 5.82 Å². The van der Waals surface area contributed by atoms with E-state index in [1.165, 1.54) is 0 Å². The number of para-hydroxylation sites is 2. The van der Waals surface area contributed by atoms with Crippen LogP contribution in [0.1, 0.15) is 35.1 Å². The first-order valence-electron chi connectivity index (χ1n) is 13.9. The van der Waals surface area contributed by atoms with Crippen molar-refractivity contribution in [2.24, 2.45) is 0 Å². The lowest BCUT2D eigenvalue weighted by Crippen LogP contribution is -2.41. The van der Waals surface area contributed by atoms with Gasteiger partial charge in [-0.15, -0.1) is 5.10 Å². The molecule has 7 rings (SSSR count). The van der Waals surface area contributed by atoms with Gasteiger partial charge in [-0.2, -0.15) is 0 Å². The summed E-state index contributed by atoms with van der Waals surface area (Å²) in [4.78, 5) is 35.9. The maximum absolute atomic E-state index is 13.7. The fourth-order valence-electron chi connectivity index (χ4n) is 5.78. The number of H-pyrrole nitrogens is 1. The number of aromatic amines is 1. The maximum Gasteiger partial charge on any atom is 0.326 e. The van der Waals surface area contributed by atoms with Gasteiger partial charge in [0.05, 0.1) is 11.0 Å². The minimum absolute atomic E-state index is 0.0204. The molecule has 2 N–H and O–H groups in total. The van der Waals surface area contributed by atoms with E-state index in [4.69, 9.17) is 4.98 Å². The zero-order valence-electron chi connectivity index (χ0n) is 22.4. The monoisotopic (exact) mass is 543 g/mol. The molecular weight excluding hydrogens is 514 g/mol. The third-order valence-electron chi connectivity index (χ3n) is 7.83. The number of nitrogens with zero attached hydrogens (tertiary/aromatic N) is 5. The van der Waals surface area contributed by atoms with Gasteiger partial charge < -0.3 is 15.2 Å². The Morgan fingerprint density at radius 2 is 1.61 bits per heavy atom. The average Bonchev–Trinajstić information content (AvgIpc) is 3.61. The number of hydrogen-bond donors (Lipinski definition) is 2. The number of imidazole rings is 1. The van der Waals surface area contributed by atoms with Crippen molar-refractivity contribution in [3.8, 4) is 11.1 Å². The summed E-state index contributed by atoms with van der Waals surface area (Å²) in [6.45, 7) is 1.60. The second kappa shape index (κ2) is 10.4.